The fourth-order valence-corrected chi connectivity index (χ4v) is 3.15. The van der Waals surface area contributed by atoms with Crippen LogP contribution >= 0.6 is 15.9 Å². The number of hydrogen-bond donors (Lipinski definition) is 0. The fourth-order valence-electron chi connectivity index (χ4n) is 1.24. The van der Waals surface area contributed by atoms with E-state index in [4.69, 9.17) is 0 Å². The standard InChI is InChI=1S/C11H12BrF3O2S/c1-10(2,3)18(16,17)9-5-7(11(13,14)15)4-8(12)6-9/h4-6H,1-3H3. The van der Waals surface area contributed by atoms with Gasteiger partial charge in [0, 0.05) is 4.47 Å². The Morgan fingerprint density at radius 3 is 1.94 bits per heavy atom. The van der Waals surface area contributed by atoms with Gasteiger partial charge in [-0.05, 0) is 39.0 Å². The van der Waals surface area contributed by atoms with E-state index < -0.39 is 26.3 Å². The van der Waals surface area contributed by atoms with Crippen molar-refractivity contribution < 1.29 is 21.6 Å². The van der Waals surface area contributed by atoms with E-state index in [0.717, 1.165) is 6.07 Å². The maximum atomic E-state index is 12.6. The highest BCUT2D eigenvalue weighted by molar-refractivity contribution is 9.10. The van der Waals surface area contributed by atoms with Crippen molar-refractivity contribution in [3.63, 3.8) is 0 Å². The Bertz CT molecular complexity index is 557. The molecule has 0 aliphatic heterocycles. The molecule has 0 aromatic heterocycles. The van der Waals surface area contributed by atoms with E-state index in [1.165, 1.54) is 26.8 Å². The van der Waals surface area contributed by atoms with Crippen LogP contribution < -0.4 is 0 Å². The lowest BCUT2D eigenvalue weighted by Gasteiger charge is -2.20. The highest BCUT2D eigenvalue weighted by atomic mass is 79.9. The topological polar surface area (TPSA) is 34.1 Å². The van der Waals surface area contributed by atoms with E-state index in [9.17, 15) is 21.6 Å². The highest BCUT2D eigenvalue weighted by Crippen LogP contribution is 2.35. The van der Waals surface area contributed by atoms with Gasteiger partial charge in [-0.15, -0.1) is 0 Å². The molecule has 0 saturated heterocycles. The monoisotopic (exact) mass is 344 g/mol. The lowest BCUT2D eigenvalue weighted by molar-refractivity contribution is -0.137. The van der Waals surface area contributed by atoms with Crippen molar-refractivity contribution in [1.29, 1.82) is 0 Å². The molecule has 0 atom stereocenters. The average molecular weight is 345 g/mol. The quantitative estimate of drug-likeness (QED) is 0.770. The SMILES string of the molecule is CC(C)(C)S(=O)(=O)c1cc(Br)cc(C(F)(F)F)c1. The van der Waals surface area contributed by atoms with Gasteiger partial charge in [0.25, 0.3) is 0 Å². The van der Waals surface area contributed by atoms with Crippen molar-refractivity contribution in [1.82, 2.24) is 0 Å². The summed E-state index contributed by atoms with van der Waals surface area (Å²) in [4.78, 5) is -0.336. The molecule has 102 valence electrons. The zero-order chi connectivity index (χ0) is 14.4. The number of alkyl halides is 3. The molecule has 18 heavy (non-hydrogen) atoms. The minimum atomic E-state index is -4.58. The Morgan fingerprint density at radius 2 is 1.56 bits per heavy atom. The molecule has 1 rings (SSSR count). The minimum absolute atomic E-state index is 0.0835. The molecule has 2 nitrogen and oxygen atoms in total. The van der Waals surface area contributed by atoms with Gasteiger partial charge < -0.3 is 0 Å². The predicted octanol–water partition coefficient (Wildman–Crippen LogP) is 4.04. The van der Waals surface area contributed by atoms with Crippen molar-refractivity contribution in [2.24, 2.45) is 0 Å². The molecule has 0 fully saturated rings. The Hall–Kier alpha value is -0.560. The lowest BCUT2D eigenvalue weighted by Crippen LogP contribution is -2.28. The first-order valence-corrected chi connectivity index (χ1v) is 7.26. The molecule has 0 bridgehead atoms. The summed E-state index contributed by atoms with van der Waals surface area (Å²) in [5.74, 6) is 0. The van der Waals surface area contributed by atoms with Crippen LogP contribution in [0.1, 0.15) is 26.3 Å². The Morgan fingerprint density at radius 1 is 1.06 bits per heavy atom. The van der Waals surface area contributed by atoms with Gasteiger partial charge in [0.15, 0.2) is 9.84 Å². The van der Waals surface area contributed by atoms with Crippen molar-refractivity contribution in [3.05, 3.63) is 28.2 Å². The second-order valence-corrected chi connectivity index (χ2v) is 8.41. The van der Waals surface area contributed by atoms with Crippen LogP contribution in [0.4, 0.5) is 13.2 Å². The van der Waals surface area contributed by atoms with E-state index in [2.05, 4.69) is 15.9 Å². The molecule has 7 heteroatoms. The van der Waals surface area contributed by atoms with Gasteiger partial charge in [-0.25, -0.2) is 8.42 Å². The Labute approximate surface area is 112 Å². The number of benzene rings is 1. The molecular formula is C11H12BrF3O2S. The van der Waals surface area contributed by atoms with Crippen LogP contribution in [0.25, 0.3) is 0 Å². The lowest BCUT2D eigenvalue weighted by atomic mass is 10.2. The summed E-state index contributed by atoms with van der Waals surface area (Å²) in [6.07, 6.45) is -4.58. The summed E-state index contributed by atoms with van der Waals surface area (Å²) in [6.45, 7) is 4.32. The van der Waals surface area contributed by atoms with Crippen LogP contribution in [-0.2, 0) is 16.0 Å². The van der Waals surface area contributed by atoms with Gasteiger partial charge in [-0.1, -0.05) is 15.9 Å². The largest absolute Gasteiger partial charge is 0.416 e. The maximum Gasteiger partial charge on any atom is 0.416 e. The van der Waals surface area contributed by atoms with Crippen LogP contribution in [0.3, 0.4) is 0 Å². The second-order valence-electron chi connectivity index (χ2n) is 4.79. The van der Waals surface area contributed by atoms with Gasteiger partial charge >= 0.3 is 6.18 Å². The molecule has 1 aromatic carbocycles. The van der Waals surface area contributed by atoms with Crippen molar-refractivity contribution >= 4 is 25.8 Å². The van der Waals surface area contributed by atoms with Crippen LogP contribution in [0, 0.1) is 0 Å². The second kappa shape index (κ2) is 4.52. The predicted molar refractivity (Wildman–Crippen MR) is 66.1 cm³/mol. The van der Waals surface area contributed by atoms with E-state index in [1.54, 1.807) is 0 Å². The van der Waals surface area contributed by atoms with Crippen LogP contribution in [-0.4, -0.2) is 13.2 Å². The molecule has 0 spiro atoms. The number of hydrogen-bond acceptors (Lipinski definition) is 2. The van der Waals surface area contributed by atoms with Gasteiger partial charge in [0.1, 0.15) is 0 Å². The summed E-state index contributed by atoms with van der Waals surface area (Å²) >= 11 is 2.90. The maximum absolute atomic E-state index is 12.6. The third-order valence-electron chi connectivity index (χ3n) is 2.32. The summed E-state index contributed by atoms with van der Waals surface area (Å²) in [5, 5.41) is 0. The number of sulfone groups is 1. The third-order valence-corrected chi connectivity index (χ3v) is 5.24. The van der Waals surface area contributed by atoms with E-state index >= 15 is 0 Å². The van der Waals surface area contributed by atoms with Gasteiger partial charge in [-0.3, -0.25) is 0 Å². The zero-order valence-corrected chi connectivity index (χ0v) is 12.4. The van der Waals surface area contributed by atoms with Crippen LogP contribution in [0.15, 0.2) is 27.6 Å². The summed E-state index contributed by atoms with van der Waals surface area (Å²) in [7, 11) is -3.81. The van der Waals surface area contributed by atoms with Crippen molar-refractivity contribution in [2.45, 2.75) is 36.6 Å². The Balaban J connectivity index is 3.51. The molecule has 0 aliphatic rings. The highest BCUT2D eigenvalue weighted by Gasteiger charge is 2.35. The third kappa shape index (κ3) is 3.06. The summed E-state index contributed by atoms with van der Waals surface area (Å²) in [6, 6.07) is 2.68. The molecule has 1 aromatic rings. The first-order valence-electron chi connectivity index (χ1n) is 4.98. The van der Waals surface area contributed by atoms with Crippen molar-refractivity contribution in [2.75, 3.05) is 0 Å². The summed E-state index contributed by atoms with van der Waals surface area (Å²) < 4.78 is 61.0. The van der Waals surface area contributed by atoms with E-state index in [-0.39, 0.29) is 9.37 Å². The first-order chi connectivity index (χ1) is 7.85. The first kappa shape index (κ1) is 15.5. The van der Waals surface area contributed by atoms with Crippen LogP contribution in [0.2, 0.25) is 0 Å². The molecule has 0 heterocycles. The molecule has 0 radical (unpaired) electrons. The molecule has 0 amide bonds. The van der Waals surface area contributed by atoms with Crippen molar-refractivity contribution in [3.8, 4) is 0 Å². The fraction of sp³-hybridized carbons (Fsp3) is 0.455. The molecule has 0 saturated carbocycles. The van der Waals surface area contributed by atoms with E-state index in [1.807, 2.05) is 0 Å². The molecule has 0 aliphatic carbocycles. The normalized spacial score (nSPS) is 13.7. The number of halogens is 4. The van der Waals surface area contributed by atoms with Gasteiger partial charge in [0.2, 0.25) is 0 Å². The average Bonchev–Trinajstić information content (AvgIpc) is 2.13. The molecule has 0 unspecified atom stereocenters. The van der Waals surface area contributed by atoms with E-state index in [0.29, 0.717) is 6.07 Å². The van der Waals surface area contributed by atoms with Gasteiger partial charge in [0.05, 0.1) is 15.2 Å². The summed E-state index contributed by atoms with van der Waals surface area (Å²) in [5.41, 5.74) is -0.986. The van der Waals surface area contributed by atoms with Crippen LogP contribution in [0.5, 0.6) is 0 Å². The Kier molecular flexibility index (Phi) is 3.89. The minimum Gasteiger partial charge on any atom is -0.223 e. The molecular weight excluding hydrogens is 333 g/mol. The number of rotatable bonds is 1. The smallest absolute Gasteiger partial charge is 0.223 e. The zero-order valence-electron chi connectivity index (χ0n) is 9.97. The van der Waals surface area contributed by atoms with Gasteiger partial charge in [-0.2, -0.15) is 13.2 Å². The molecule has 0 N–H and O–H groups in total.